The lowest BCUT2D eigenvalue weighted by molar-refractivity contribution is 0.449. The van der Waals surface area contributed by atoms with E-state index >= 15 is 0 Å². The first kappa shape index (κ1) is 12.7. The van der Waals surface area contributed by atoms with E-state index in [1.165, 1.54) is 6.42 Å². The molecule has 1 N–H and O–H groups in total. The highest BCUT2D eigenvalue weighted by molar-refractivity contribution is 7.97. The average Bonchev–Trinajstić information content (AvgIpc) is 2.61. The predicted molar refractivity (Wildman–Crippen MR) is 67.1 cm³/mol. The van der Waals surface area contributed by atoms with E-state index in [0.717, 1.165) is 36.3 Å². The molecule has 0 atom stereocenters. The molecule has 2 nitrogen and oxygen atoms in total. The fourth-order valence-electron chi connectivity index (χ4n) is 1.34. The van der Waals surface area contributed by atoms with Crippen molar-refractivity contribution in [2.75, 3.05) is 12.8 Å². The molecule has 1 rings (SSSR count). The van der Waals surface area contributed by atoms with Gasteiger partial charge in [-0.05, 0) is 37.3 Å². The van der Waals surface area contributed by atoms with Crippen LogP contribution in [0.5, 0.6) is 0 Å². The molecule has 0 aliphatic carbocycles. The summed E-state index contributed by atoms with van der Waals surface area (Å²) in [6.45, 7) is 6.40. The van der Waals surface area contributed by atoms with Crippen LogP contribution in [-0.2, 0) is 12.3 Å². The molecule has 0 radical (unpaired) electrons. The van der Waals surface area contributed by atoms with Crippen LogP contribution in [-0.4, -0.2) is 12.8 Å². The Balaban J connectivity index is 2.19. The summed E-state index contributed by atoms with van der Waals surface area (Å²) in [6.07, 6.45) is 3.31. The summed E-state index contributed by atoms with van der Waals surface area (Å²) in [4.78, 5) is 0. The lowest BCUT2D eigenvalue weighted by atomic mass is 10.1. The third kappa shape index (κ3) is 5.28. The number of hydrogen-bond donors (Lipinski definition) is 1. The molecule has 0 spiro atoms. The van der Waals surface area contributed by atoms with Crippen LogP contribution < -0.4 is 5.32 Å². The van der Waals surface area contributed by atoms with E-state index in [1.807, 2.05) is 0 Å². The molecular formula is C12H21NOS. The second kappa shape index (κ2) is 6.96. The van der Waals surface area contributed by atoms with Crippen LogP contribution in [0.3, 0.4) is 0 Å². The Morgan fingerprint density at radius 2 is 2.07 bits per heavy atom. The minimum atomic E-state index is 0.765. The molecular weight excluding hydrogens is 206 g/mol. The van der Waals surface area contributed by atoms with Gasteiger partial charge in [0.25, 0.3) is 0 Å². The maximum absolute atomic E-state index is 5.65. The highest BCUT2D eigenvalue weighted by Crippen LogP contribution is 2.13. The van der Waals surface area contributed by atoms with Crippen molar-refractivity contribution in [2.45, 2.75) is 32.6 Å². The van der Waals surface area contributed by atoms with Crippen LogP contribution in [0.1, 0.15) is 31.8 Å². The third-order valence-electron chi connectivity index (χ3n) is 2.20. The standard InChI is InChI=1S/C12H21NOS/c1-10(2)6-7-13-8-11-4-5-12(14-11)9-15-3/h4-5,10,13H,6-9H2,1-3H3. The quantitative estimate of drug-likeness (QED) is 0.724. The Kier molecular flexibility index (Phi) is 5.88. The molecule has 0 aliphatic heterocycles. The molecule has 0 amide bonds. The summed E-state index contributed by atoms with van der Waals surface area (Å²) in [5.41, 5.74) is 0. The van der Waals surface area contributed by atoms with Crippen molar-refractivity contribution >= 4 is 11.8 Å². The predicted octanol–water partition coefficient (Wildman–Crippen LogP) is 3.28. The van der Waals surface area contributed by atoms with E-state index in [0.29, 0.717) is 0 Å². The molecule has 0 fully saturated rings. The van der Waals surface area contributed by atoms with Gasteiger partial charge in [-0.3, -0.25) is 0 Å². The van der Waals surface area contributed by atoms with Crippen molar-refractivity contribution in [3.8, 4) is 0 Å². The maximum Gasteiger partial charge on any atom is 0.117 e. The molecule has 0 aliphatic rings. The molecule has 86 valence electrons. The normalized spacial score (nSPS) is 11.2. The summed E-state index contributed by atoms with van der Waals surface area (Å²) < 4.78 is 5.65. The lowest BCUT2D eigenvalue weighted by Gasteiger charge is -2.04. The molecule has 1 aromatic rings. The Bertz CT molecular complexity index is 270. The van der Waals surface area contributed by atoms with E-state index in [-0.39, 0.29) is 0 Å². The zero-order chi connectivity index (χ0) is 11.1. The van der Waals surface area contributed by atoms with Gasteiger partial charge in [0.2, 0.25) is 0 Å². The van der Waals surface area contributed by atoms with Crippen LogP contribution in [0.2, 0.25) is 0 Å². The second-order valence-corrected chi connectivity index (χ2v) is 5.03. The van der Waals surface area contributed by atoms with Gasteiger partial charge in [0.1, 0.15) is 11.5 Å². The lowest BCUT2D eigenvalue weighted by Crippen LogP contribution is -2.15. The minimum Gasteiger partial charge on any atom is -0.464 e. The van der Waals surface area contributed by atoms with Gasteiger partial charge in [-0.25, -0.2) is 0 Å². The largest absolute Gasteiger partial charge is 0.464 e. The van der Waals surface area contributed by atoms with Gasteiger partial charge < -0.3 is 9.73 Å². The molecule has 1 aromatic heterocycles. The van der Waals surface area contributed by atoms with Gasteiger partial charge in [-0.1, -0.05) is 13.8 Å². The van der Waals surface area contributed by atoms with Gasteiger partial charge in [0.05, 0.1) is 12.3 Å². The number of furan rings is 1. The van der Waals surface area contributed by atoms with Gasteiger partial charge in [0, 0.05) is 0 Å². The van der Waals surface area contributed by atoms with Crippen LogP contribution in [0.4, 0.5) is 0 Å². The zero-order valence-corrected chi connectivity index (χ0v) is 10.7. The van der Waals surface area contributed by atoms with Crippen LogP contribution in [0.15, 0.2) is 16.5 Å². The number of rotatable bonds is 7. The summed E-state index contributed by atoms with van der Waals surface area (Å²) >= 11 is 1.79. The fraction of sp³-hybridized carbons (Fsp3) is 0.667. The van der Waals surface area contributed by atoms with E-state index in [2.05, 4.69) is 37.6 Å². The fourth-order valence-corrected chi connectivity index (χ4v) is 1.78. The molecule has 3 heteroatoms. The van der Waals surface area contributed by atoms with E-state index in [9.17, 15) is 0 Å². The van der Waals surface area contributed by atoms with Crippen LogP contribution >= 0.6 is 11.8 Å². The molecule has 0 saturated heterocycles. The Hall–Kier alpha value is -0.410. The van der Waals surface area contributed by atoms with Crippen molar-refractivity contribution in [1.29, 1.82) is 0 Å². The zero-order valence-electron chi connectivity index (χ0n) is 9.88. The first-order valence-electron chi connectivity index (χ1n) is 5.49. The maximum atomic E-state index is 5.65. The SMILES string of the molecule is CSCc1ccc(CNCCC(C)C)o1. The van der Waals surface area contributed by atoms with Gasteiger partial charge in [0.15, 0.2) is 0 Å². The Morgan fingerprint density at radius 1 is 1.33 bits per heavy atom. The molecule has 0 aromatic carbocycles. The summed E-state index contributed by atoms with van der Waals surface area (Å²) in [6, 6.07) is 4.13. The van der Waals surface area contributed by atoms with Gasteiger partial charge >= 0.3 is 0 Å². The van der Waals surface area contributed by atoms with E-state index in [1.54, 1.807) is 11.8 Å². The van der Waals surface area contributed by atoms with Crippen molar-refractivity contribution < 1.29 is 4.42 Å². The summed E-state index contributed by atoms with van der Waals surface area (Å²) in [5.74, 6) is 3.85. The van der Waals surface area contributed by atoms with E-state index < -0.39 is 0 Å². The van der Waals surface area contributed by atoms with Crippen LogP contribution in [0, 0.1) is 5.92 Å². The molecule has 1 heterocycles. The van der Waals surface area contributed by atoms with Crippen molar-refractivity contribution in [3.05, 3.63) is 23.7 Å². The smallest absolute Gasteiger partial charge is 0.117 e. The molecule has 0 unspecified atom stereocenters. The van der Waals surface area contributed by atoms with Crippen LogP contribution in [0.25, 0.3) is 0 Å². The first-order chi connectivity index (χ1) is 7.22. The topological polar surface area (TPSA) is 25.2 Å². The number of hydrogen-bond acceptors (Lipinski definition) is 3. The molecule has 15 heavy (non-hydrogen) atoms. The summed E-state index contributed by atoms with van der Waals surface area (Å²) in [7, 11) is 0. The third-order valence-corrected chi connectivity index (χ3v) is 2.77. The number of thioether (sulfide) groups is 1. The van der Waals surface area contributed by atoms with Crippen molar-refractivity contribution in [2.24, 2.45) is 5.92 Å². The Labute approximate surface area is 96.8 Å². The van der Waals surface area contributed by atoms with Crippen molar-refractivity contribution in [1.82, 2.24) is 5.32 Å². The van der Waals surface area contributed by atoms with Crippen molar-refractivity contribution in [3.63, 3.8) is 0 Å². The molecule has 0 bridgehead atoms. The van der Waals surface area contributed by atoms with E-state index in [4.69, 9.17) is 4.42 Å². The monoisotopic (exact) mass is 227 g/mol. The highest BCUT2D eigenvalue weighted by Gasteiger charge is 2.01. The number of nitrogens with one attached hydrogen (secondary N) is 1. The average molecular weight is 227 g/mol. The first-order valence-corrected chi connectivity index (χ1v) is 6.89. The highest BCUT2D eigenvalue weighted by atomic mass is 32.2. The minimum absolute atomic E-state index is 0.765. The second-order valence-electron chi connectivity index (χ2n) is 4.16. The van der Waals surface area contributed by atoms with Gasteiger partial charge in [-0.15, -0.1) is 0 Å². The molecule has 0 saturated carbocycles. The Morgan fingerprint density at radius 3 is 2.73 bits per heavy atom. The van der Waals surface area contributed by atoms with Gasteiger partial charge in [-0.2, -0.15) is 11.8 Å². The summed E-state index contributed by atoms with van der Waals surface area (Å²) in [5, 5.41) is 3.39.